The van der Waals surface area contributed by atoms with Gasteiger partial charge in [0.1, 0.15) is 5.75 Å². The van der Waals surface area contributed by atoms with E-state index in [0.717, 1.165) is 39.4 Å². The fourth-order valence-electron chi connectivity index (χ4n) is 3.53. The number of benzene rings is 1. The first-order chi connectivity index (χ1) is 11.2. The van der Waals surface area contributed by atoms with Crippen LogP contribution in [0.4, 0.5) is 0 Å². The molecular weight excluding hydrogens is 294 g/mol. The Balaban J connectivity index is 1.49. The SMILES string of the molecule is CC1(N2CCN(C3COC3)CC2)CNC(=O)c2ccccc2O1. The van der Waals surface area contributed by atoms with Crippen molar-refractivity contribution in [3.8, 4) is 5.75 Å². The molecule has 1 aromatic carbocycles. The lowest BCUT2D eigenvalue weighted by Gasteiger charge is -2.47. The van der Waals surface area contributed by atoms with E-state index >= 15 is 0 Å². The third-order valence-corrected chi connectivity index (χ3v) is 5.16. The molecule has 2 fully saturated rings. The van der Waals surface area contributed by atoms with Gasteiger partial charge in [-0.05, 0) is 19.1 Å². The van der Waals surface area contributed by atoms with E-state index in [2.05, 4.69) is 22.0 Å². The quantitative estimate of drug-likeness (QED) is 0.863. The molecule has 0 bridgehead atoms. The summed E-state index contributed by atoms with van der Waals surface area (Å²) in [5.41, 5.74) is 0.103. The number of fused-ring (bicyclic) bond motifs is 1. The summed E-state index contributed by atoms with van der Waals surface area (Å²) >= 11 is 0. The van der Waals surface area contributed by atoms with Crippen molar-refractivity contribution in [1.82, 2.24) is 15.1 Å². The van der Waals surface area contributed by atoms with E-state index in [1.165, 1.54) is 0 Å². The van der Waals surface area contributed by atoms with Crippen LogP contribution in [0.2, 0.25) is 0 Å². The molecule has 3 heterocycles. The highest BCUT2D eigenvalue weighted by Gasteiger charge is 2.40. The van der Waals surface area contributed by atoms with E-state index in [9.17, 15) is 4.79 Å². The second-order valence-corrected chi connectivity index (χ2v) is 6.67. The maximum Gasteiger partial charge on any atom is 0.255 e. The molecular formula is C17H23N3O3. The molecule has 6 nitrogen and oxygen atoms in total. The highest BCUT2D eigenvalue weighted by atomic mass is 16.5. The topological polar surface area (TPSA) is 54.0 Å². The molecule has 23 heavy (non-hydrogen) atoms. The van der Waals surface area contributed by atoms with Gasteiger partial charge in [0.2, 0.25) is 0 Å². The van der Waals surface area contributed by atoms with Gasteiger partial charge < -0.3 is 14.8 Å². The van der Waals surface area contributed by atoms with E-state index in [4.69, 9.17) is 9.47 Å². The van der Waals surface area contributed by atoms with Crippen LogP contribution in [0.1, 0.15) is 17.3 Å². The fourth-order valence-corrected chi connectivity index (χ4v) is 3.53. The molecule has 2 saturated heterocycles. The van der Waals surface area contributed by atoms with Gasteiger partial charge in [0.15, 0.2) is 5.72 Å². The molecule has 1 amide bonds. The number of hydrogen-bond acceptors (Lipinski definition) is 5. The first kappa shape index (κ1) is 14.9. The Morgan fingerprint density at radius 2 is 1.91 bits per heavy atom. The van der Waals surface area contributed by atoms with Gasteiger partial charge in [-0.1, -0.05) is 12.1 Å². The van der Waals surface area contributed by atoms with Crippen molar-refractivity contribution in [3.63, 3.8) is 0 Å². The van der Waals surface area contributed by atoms with Gasteiger partial charge in [0.25, 0.3) is 5.91 Å². The molecule has 124 valence electrons. The number of hydrogen-bond donors (Lipinski definition) is 1. The van der Waals surface area contributed by atoms with Gasteiger partial charge in [0, 0.05) is 26.2 Å². The van der Waals surface area contributed by atoms with Crippen molar-refractivity contribution in [2.75, 3.05) is 45.9 Å². The lowest BCUT2D eigenvalue weighted by atomic mass is 10.1. The lowest BCUT2D eigenvalue weighted by Crippen LogP contribution is -2.64. The summed E-state index contributed by atoms with van der Waals surface area (Å²) in [5, 5.41) is 3.01. The number of rotatable bonds is 2. The zero-order valence-corrected chi connectivity index (χ0v) is 13.5. The van der Waals surface area contributed by atoms with E-state index < -0.39 is 5.72 Å². The van der Waals surface area contributed by atoms with Crippen LogP contribution in [0.3, 0.4) is 0 Å². The first-order valence-corrected chi connectivity index (χ1v) is 8.29. The standard InChI is InChI=1S/C17H23N3O3/c1-17(20-8-6-19(7-9-20)13-10-22-11-13)12-18-16(21)14-4-2-3-5-15(14)23-17/h2-5,13H,6-12H2,1H3,(H,18,21). The average Bonchev–Trinajstić information content (AvgIpc) is 2.64. The number of amides is 1. The largest absolute Gasteiger partial charge is 0.470 e. The van der Waals surface area contributed by atoms with E-state index in [1.54, 1.807) is 0 Å². The summed E-state index contributed by atoms with van der Waals surface area (Å²) in [6.45, 7) is 8.18. The minimum Gasteiger partial charge on any atom is -0.470 e. The van der Waals surface area contributed by atoms with Crippen molar-refractivity contribution >= 4 is 5.91 Å². The Morgan fingerprint density at radius 3 is 2.61 bits per heavy atom. The van der Waals surface area contributed by atoms with Gasteiger partial charge in [-0.3, -0.25) is 14.6 Å². The maximum atomic E-state index is 12.2. The number of carbonyl (C=O) groups is 1. The molecule has 0 aromatic heterocycles. The summed E-state index contributed by atoms with van der Waals surface area (Å²) in [6.07, 6.45) is 0. The van der Waals surface area contributed by atoms with Gasteiger partial charge >= 0.3 is 0 Å². The number of para-hydroxylation sites is 1. The molecule has 4 rings (SSSR count). The smallest absolute Gasteiger partial charge is 0.255 e. The molecule has 0 saturated carbocycles. The normalized spacial score (nSPS) is 29.9. The number of piperazine rings is 1. The first-order valence-electron chi connectivity index (χ1n) is 8.29. The Morgan fingerprint density at radius 1 is 1.17 bits per heavy atom. The minimum absolute atomic E-state index is 0.0606. The molecule has 3 aliphatic heterocycles. The minimum atomic E-state index is -0.509. The van der Waals surface area contributed by atoms with Gasteiger partial charge in [-0.2, -0.15) is 0 Å². The van der Waals surface area contributed by atoms with Crippen molar-refractivity contribution in [2.45, 2.75) is 18.7 Å². The summed E-state index contributed by atoms with van der Waals surface area (Å²) in [5.74, 6) is 0.606. The number of nitrogens with zero attached hydrogens (tertiary/aromatic N) is 2. The second kappa shape index (κ2) is 5.78. The van der Waals surface area contributed by atoms with Gasteiger partial charge in [-0.15, -0.1) is 0 Å². The van der Waals surface area contributed by atoms with Crippen molar-refractivity contribution < 1.29 is 14.3 Å². The van der Waals surface area contributed by atoms with Crippen molar-refractivity contribution in [1.29, 1.82) is 0 Å². The van der Waals surface area contributed by atoms with Crippen LogP contribution in [0.15, 0.2) is 24.3 Å². The monoisotopic (exact) mass is 317 g/mol. The zero-order chi connectivity index (χ0) is 15.9. The van der Waals surface area contributed by atoms with Crippen LogP contribution in [-0.2, 0) is 4.74 Å². The number of nitrogens with one attached hydrogen (secondary N) is 1. The molecule has 1 aromatic rings. The molecule has 6 heteroatoms. The van der Waals surface area contributed by atoms with E-state index in [1.807, 2.05) is 24.3 Å². The Bertz CT molecular complexity index is 597. The average molecular weight is 317 g/mol. The molecule has 1 atom stereocenters. The third kappa shape index (κ3) is 2.71. The summed E-state index contributed by atoms with van der Waals surface area (Å²) in [7, 11) is 0. The number of carbonyl (C=O) groups excluding carboxylic acids is 1. The lowest BCUT2D eigenvalue weighted by molar-refractivity contribution is -0.117. The third-order valence-electron chi connectivity index (χ3n) is 5.16. The van der Waals surface area contributed by atoms with E-state index in [0.29, 0.717) is 23.9 Å². The second-order valence-electron chi connectivity index (χ2n) is 6.67. The highest BCUT2D eigenvalue weighted by Crippen LogP contribution is 2.29. The number of ether oxygens (including phenoxy) is 2. The van der Waals surface area contributed by atoms with Gasteiger partial charge in [0.05, 0.1) is 31.4 Å². The Hall–Kier alpha value is -1.63. The predicted molar refractivity (Wildman–Crippen MR) is 85.6 cm³/mol. The summed E-state index contributed by atoms with van der Waals surface area (Å²) < 4.78 is 11.6. The molecule has 0 spiro atoms. The van der Waals surface area contributed by atoms with Crippen LogP contribution >= 0.6 is 0 Å². The zero-order valence-electron chi connectivity index (χ0n) is 13.5. The summed E-state index contributed by atoms with van der Waals surface area (Å²) in [6, 6.07) is 8.04. The van der Waals surface area contributed by atoms with Crippen molar-refractivity contribution in [2.24, 2.45) is 0 Å². The molecule has 0 radical (unpaired) electrons. The molecule has 1 N–H and O–H groups in total. The summed E-state index contributed by atoms with van der Waals surface area (Å²) in [4.78, 5) is 17.1. The Kier molecular flexibility index (Phi) is 3.75. The van der Waals surface area contributed by atoms with Crippen LogP contribution < -0.4 is 10.1 Å². The molecule has 3 aliphatic rings. The predicted octanol–water partition coefficient (Wildman–Crippen LogP) is 0.541. The molecule has 1 unspecified atom stereocenters. The van der Waals surface area contributed by atoms with Crippen LogP contribution in [0, 0.1) is 0 Å². The van der Waals surface area contributed by atoms with Crippen molar-refractivity contribution in [3.05, 3.63) is 29.8 Å². The molecule has 0 aliphatic carbocycles. The van der Waals surface area contributed by atoms with Crippen LogP contribution in [-0.4, -0.2) is 73.4 Å². The fraction of sp³-hybridized carbons (Fsp3) is 0.588. The Labute approximate surface area is 136 Å². The van der Waals surface area contributed by atoms with Crippen LogP contribution in [0.5, 0.6) is 5.75 Å². The van der Waals surface area contributed by atoms with Gasteiger partial charge in [-0.25, -0.2) is 0 Å². The highest BCUT2D eigenvalue weighted by molar-refractivity contribution is 5.97. The van der Waals surface area contributed by atoms with Crippen LogP contribution in [0.25, 0.3) is 0 Å². The van der Waals surface area contributed by atoms with E-state index in [-0.39, 0.29) is 5.91 Å². The maximum absolute atomic E-state index is 12.2.